The van der Waals surface area contributed by atoms with Gasteiger partial charge >= 0.3 is 0 Å². The summed E-state index contributed by atoms with van der Waals surface area (Å²) in [6, 6.07) is 11.8. The average molecular weight is 518 g/mol. The molecule has 4 atom stereocenters. The molecule has 3 heterocycles. The molecule has 0 saturated carbocycles. The van der Waals surface area contributed by atoms with Gasteiger partial charge in [-0.3, -0.25) is 9.79 Å². The summed E-state index contributed by atoms with van der Waals surface area (Å²) in [6.45, 7) is 12.8. The lowest BCUT2D eigenvalue weighted by Gasteiger charge is -2.27. The summed E-state index contributed by atoms with van der Waals surface area (Å²) in [5.74, 6) is 1.38. The van der Waals surface area contributed by atoms with Gasteiger partial charge in [-0.25, -0.2) is 4.52 Å². The summed E-state index contributed by atoms with van der Waals surface area (Å²) in [7, 11) is 1.65. The fourth-order valence-corrected chi connectivity index (χ4v) is 4.82. The number of pyridine rings is 1. The minimum absolute atomic E-state index is 0.0337. The summed E-state index contributed by atoms with van der Waals surface area (Å²) in [5.41, 5.74) is 3.47. The van der Waals surface area contributed by atoms with Gasteiger partial charge in [0.2, 0.25) is 5.91 Å². The van der Waals surface area contributed by atoms with E-state index in [4.69, 9.17) is 14.9 Å². The molecule has 0 bridgehead atoms. The lowest BCUT2D eigenvalue weighted by Crippen LogP contribution is -2.31. The van der Waals surface area contributed by atoms with E-state index in [2.05, 4.69) is 17.0 Å². The van der Waals surface area contributed by atoms with Crippen LogP contribution in [0.5, 0.6) is 11.5 Å². The zero-order chi connectivity index (χ0) is 27.6. The standard InChI is InChI=1S/C30H39N5O3/c1-19-12-27-28(13-24(18-35(27)33-19)25(15-31)16-32-30(4,5)6)38-21(3)23-14-29(36)34(17-23)20(2)22-8-10-26(37-7)11-9-22/h8-13,15-16,18,20-21,23,25,31H,14,17H2,1-7H3. The van der Waals surface area contributed by atoms with Crippen molar-refractivity contribution in [2.24, 2.45) is 10.9 Å². The van der Waals surface area contributed by atoms with Crippen LogP contribution in [0.4, 0.5) is 0 Å². The minimum atomic E-state index is -0.297. The van der Waals surface area contributed by atoms with Crippen LogP contribution in [0.25, 0.3) is 5.52 Å². The van der Waals surface area contributed by atoms with Gasteiger partial charge in [0.1, 0.15) is 23.1 Å². The molecule has 1 aromatic carbocycles. The molecule has 1 saturated heterocycles. The highest BCUT2D eigenvalue weighted by Gasteiger charge is 2.37. The molecular formula is C30H39N5O3. The van der Waals surface area contributed by atoms with E-state index in [1.54, 1.807) is 7.11 Å². The SMILES string of the molecule is COc1ccc(C(C)N2CC(C(C)Oc3cc(C(C=N)C=NC(C)(C)C)cn4nc(C)cc34)CC2=O)cc1. The van der Waals surface area contributed by atoms with E-state index < -0.39 is 0 Å². The van der Waals surface area contributed by atoms with Crippen molar-refractivity contribution < 1.29 is 14.3 Å². The fourth-order valence-electron chi connectivity index (χ4n) is 4.82. The highest BCUT2D eigenvalue weighted by Crippen LogP contribution is 2.34. The van der Waals surface area contributed by atoms with Crippen LogP contribution in [-0.2, 0) is 4.79 Å². The summed E-state index contributed by atoms with van der Waals surface area (Å²) < 4.78 is 13.6. The van der Waals surface area contributed by atoms with E-state index in [1.165, 1.54) is 6.21 Å². The molecule has 38 heavy (non-hydrogen) atoms. The number of aryl methyl sites for hydroxylation is 1. The van der Waals surface area contributed by atoms with E-state index in [0.29, 0.717) is 18.7 Å². The van der Waals surface area contributed by atoms with Crippen LogP contribution in [0.1, 0.15) is 69.8 Å². The van der Waals surface area contributed by atoms with E-state index in [9.17, 15) is 4.79 Å². The number of rotatable bonds is 9. The lowest BCUT2D eigenvalue weighted by atomic mass is 10.0. The Morgan fingerprint density at radius 3 is 2.50 bits per heavy atom. The first kappa shape index (κ1) is 27.4. The lowest BCUT2D eigenvalue weighted by molar-refractivity contribution is -0.129. The second kappa shape index (κ2) is 11.0. The highest BCUT2D eigenvalue weighted by molar-refractivity contribution is 5.89. The number of carbonyl (C=O) groups is 1. The Labute approximate surface area is 225 Å². The molecule has 4 unspecified atom stereocenters. The van der Waals surface area contributed by atoms with Gasteiger partial charge in [0.25, 0.3) is 0 Å². The van der Waals surface area contributed by atoms with Gasteiger partial charge in [-0.05, 0) is 76.9 Å². The van der Waals surface area contributed by atoms with Crippen molar-refractivity contribution in [1.29, 1.82) is 5.41 Å². The molecular weight excluding hydrogens is 478 g/mol. The van der Waals surface area contributed by atoms with E-state index in [-0.39, 0.29) is 35.4 Å². The first-order chi connectivity index (χ1) is 18.0. The van der Waals surface area contributed by atoms with Gasteiger partial charge in [0, 0.05) is 37.5 Å². The summed E-state index contributed by atoms with van der Waals surface area (Å²) in [4.78, 5) is 19.6. The van der Waals surface area contributed by atoms with Crippen LogP contribution in [0.2, 0.25) is 0 Å². The maximum Gasteiger partial charge on any atom is 0.223 e. The number of amides is 1. The van der Waals surface area contributed by atoms with Crippen LogP contribution in [0.15, 0.2) is 47.6 Å². The van der Waals surface area contributed by atoms with Crippen molar-refractivity contribution in [3.63, 3.8) is 0 Å². The molecule has 8 heteroatoms. The number of aliphatic imine (C=N–C) groups is 1. The van der Waals surface area contributed by atoms with Gasteiger partial charge < -0.3 is 19.8 Å². The summed E-state index contributed by atoms with van der Waals surface area (Å²) in [5, 5.41) is 12.6. The Morgan fingerprint density at radius 1 is 1.16 bits per heavy atom. The van der Waals surface area contributed by atoms with E-state index >= 15 is 0 Å². The number of carbonyl (C=O) groups excluding carboxylic acids is 1. The number of methoxy groups -OCH3 is 1. The molecule has 202 valence electrons. The molecule has 2 aromatic heterocycles. The molecule has 1 fully saturated rings. The van der Waals surface area contributed by atoms with Gasteiger partial charge in [-0.2, -0.15) is 5.10 Å². The maximum absolute atomic E-state index is 13.0. The molecule has 1 aliphatic heterocycles. The van der Waals surface area contributed by atoms with E-state index in [1.807, 2.05) is 92.8 Å². The summed E-state index contributed by atoms with van der Waals surface area (Å²) >= 11 is 0. The average Bonchev–Trinajstić information content (AvgIpc) is 3.45. The third-order valence-electron chi connectivity index (χ3n) is 7.10. The number of aromatic nitrogens is 2. The molecule has 8 nitrogen and oxygen atoms in total. The first-order valence-electron chi connectivity index (χ1n) is 13.1. The number of nitrogens with one attached hydrogen (secondary N) is 1. The highest BCUT2D eigenvalue weighted by atomic mass is 16.5. The topological polar surface area (TPSA) is 92.3 Å². The molecule has 1 aliphatic rings. The van der Waals surface area contributed by atoms with Crippen LogP contribution < -0.4 is 9.47 Å². The van der Waals surface area contributed by atoms with Crippen LogP contribution in [-0.4, -0.2) is 58.1 Å². The normalized spacial score (nSPS) is 18.7. The number of likely N-dealkylation sites (tertiary alicyclic amines) is 1. The Bertz CT molecular complexity index is 1320. The largest absolute Gasteiger partial charge is 0.497 e. The number of nitrogens with zero attached hydrogens (tertiary/aromatic N) is 4. The first-order valence-corrected chi connectivity index (χ1v) is 13.1. The van der Waals surface area contributed by atoms with Crippen LogP contribution in [0, 0.1) is 18.3 Å². The van der Waals surface area contributed by atoms with Gasteiger partial charge in [-0.1, -0.05) is 12.1 Å². The molecule has 3 aromatic rings. The van der Waals surface area contributed by atoms with Gasteiger partial charge in [0.15, 0.2) is 0 Å². The van der Waals surface area contributed by atoms with Gasteiger partial charge in [0.05, 0.1) is 30.3 Å². The predicted octanol–water partition coefficient (Wildman–Crippen LogP) is 5.63. The molecule has 1 amide bonds. The van der Waals surface area contributed by atoms with Crippen molar-refractivity contribution in [2.75, 3.05) is 13.7 Å². The number of hydrogen-bond acceptors (Lipinski definition) is 6. The quantitative estimate of drug-likeness (QED) is 0.372. The molecule has 1 N–H and O–H groups in total. The van der Waals surface area contributed by atoms with E-state index in [0.717, 1.165) is 28.1 Å². The Balaban J connectivity index is 1.55. The van der Waals surface area contributed by atoms with Crippen molar-refractivity contribution >= 4 is 23.9 Å². The monoisotopic (exact) mass is 517 g/mol. The predicted molar refractivity (Wildman–Crippen MR) is 151 cm³/mol. The fraction of sp³-hybridized carbons (Fsp3) is 0.467. The molecule has 0 radical (unpaired) electrons. The number of hydrogen-bond donors (Lipinski definition) is 1. The second-order valence-corrected chi connectivity index (χ2v) is 11.2. The Kier molecular flexibility index (Phi) is 7.90. The van der Waals surface area contributed by atoms with Crippen molar-refractivity contribution in [3.05, 3.63) is 59.4 Å². The zero-order valence-electron chi connectivity index (χ0n) is 23.4. The van der Waals surface area contributed by atoms with Crippen LogP contribution >= 0.6 is 0 Å². The van der Waals surface area contributed by atoms with Crippen molar-refractivity contribution in [3.8, 4) is 11.5 Å². The smallest absolute Gasteiger partial charge is 0.223 e. The molecule has 0 spiro atoms. The van der Waals surface area contributed by atoms with Crippen molar-refractivity contribution in [2.45, 2.75) is 71.6 Å². The summed E-state index contributed by atoms with van der Waals surface area (Å²) in [6.07, 6.45) is 5.38. The third kappa shape index (κ3) is 6.06. The Hall–Kier alpha value is -3.68. The minimum Gasteiger partial charge on any atom is -0.497 e. The van der Waals surface area contributed by atoms with Crippen molar-refractivity contribution in [1.82, 2.24) is 14.5 Å². The Morgan fingerprint density at radius 2 is 1.87 bits per heavy atom. The third-order valence-corrected chi connectivity index (χ3v) is 7.10. The number of benzene rings is 1. The van der Waals surface area contributed by atoms with Gasteiger partial charge in [-0.15, -0.1) is 0 Å². The number of fused-ring (bicyclic) bond motifs is 1. The molecule has 4 rings (SSSR count). The molecule has 0 aliphatic carbocycles. The van der Waals surface area contributed by atoms with Crippen LogP contribution in [0.3, 0.4) is 0 Å². The zero-order valence-corrected chi connectivity index (χ0v) is 23.4. The maximum atomic E-state index is 13.0. The number of ether oxygens (including phenoxy) is 2. The second-order valence-electron chi connectivity index (χ2n) is 11.2.